The van der Waals surface area contributed by atoms with Gasteiger partial charge in [0.15, 0.2) is 11.6 Å². The molecule has 0 aliphatic rings. The van der Waals surface area contributed by atoms with Gasteiger partial charge in [-0.1, -0.05) is 20.3 Å². The first-order valence-corrected chi connectivity index (χ1v) is 9.08. The largest absolute Gasteiger partial charge is 0.496 e. The Hall–Kier alpha value is -1.98. The number of aryl methyl sites for hydroxylation is 1. The Labute approximate surface area is 156 Å². The standard InChI is InChI=1S/C20H32FNO4/c1-8-10-13-11-16(24-6)15(17(21)18(13)25-7)12-14(9-2)22-19(23)26-20(3,4)5/h11,14H,8-10,12H2,1-7H3,(H,22,23). The minimum Gasteiger partial charge on any atom is -0.496 e. The second kappa shape index (κ2) is 9.64. The van der Waals surface area contributed by atoms with Gasteiger partial charge < -0.3 is 19.5 Å². The van der Waals surface area contributed by atoms with Crippen LogP contribution >= 0.6 is 0 Å². The van der Waals surface area contributed by atoms with Crippen molar-refractivity contribution in [3.8, 4) is 11.5 Å². The molecule has 1 unspecified atom stereocenters. The molecular formula is C20H32FNO4. The highest BCUT2D eigenvalue weighted by Gasteiger charge is 2.24. The van der Waals surface area contributed by atoms with Gasteiger partial charge in [-0.3, -0.25) is 0 Å². The molecule has 0 aromatic heterocycles. The molecule has 26 heavy (non-hydrogen) atoms. The van der Waals surface area contributed by atoms with E-state index >= 15 is 4.39 Å². The summed E-state index contributed by atoms with van der Waals surface area (Å²) >= 11 is 0. The molecule has 1 atom stereocenters. The maximum absolute atomic E-state index is 15.1. The average molecular weight is 369 g/mol. The number of alkyl carbamates (subject to hydrolysis) is 1. The molecule has 0 bridgehead atoms. The lowest BCUT2D eigenvalue weighted by Crippen LogP contribution is -2.40. The zero-order valence-electron chi connectivity index (χ0n) is 17.0. The van der Waals surface area contributed by atoms with Gasteiger partial charge in [0, 0.05) is 17.2 Å². The molecular weight excluding hydrogens is 337 g/mol. The van der Waals surface area contributed by atoms with Crippen molar-refractivity contribution in [2.45, 2.75) is 71.9 Å². The highest BCUT2D eigenvalue weighted by atomic mass is 19.1. The molecule has 5 nitrogen and oxygen atoms in total. The number of benzene rings is 1. The van der Waals surface area contributed by atoms with Crippen LogP contribution in [0.2, 0.25) is 0 Å². The number of carbonyl (C=O) groups excluding carboxylic acids is 1. The lowest BCUT2D eigenvalue weighted by molar-refractivity contribution is 0.0502. The summed E-state index contributed by atoms with van der Waals surface area (Å²) in [6.07, 6.45) is 1.97. The lowest BCUT2D eigenvalue weighted by atomic mass is 9.98. The van der Waals surface area contributed by atoms with Crippen LogP contribution in [0, 0.1) is 5.82 Å². The number of methoxy groups -OCH3 is 2. The first-order chi connectivity index (χ1) is 12.2. The van der Waals surface area contributed by atoms with E-state index in [0.717, 1.165) is 12.0 Å². The monoisotopic (exact) mass is 369 g/mol. The zero-order valence-corrected chi connectivity index (χ0v) is 17.0. The predicted molar refractivity (Wildman–Crippen MR) is 101 cm³/mol. The Morgan fingerprint density at radius 2 is 1.88 bits per heavy atom. The fraction of sp³-hybridized carbons (Fsp3) is 0.650. The van der Waals surface area contributed by atoms with Crippen molar-refractivity contribution in [3.05, 3.63) is 23.0 Å². The number of carbonyl (C=O) groups is 1. The summed E-state index contributed by atoms with van der Waals surface area (Å²) in [4.78, 5) is 12.0. The molecule has 1 amide bonds. The number of rotatable bonds is 8. The second-order valence-electron chi connectivity index (χ2n) is 7.27. The number of nitrogens with one attached hydrogen (secondary N) is 1. The van der Waals surface area contributed by atoms with Gasteiger partial charge in [-0.15, -0.1) is 0 Å². The fourth-order valence-electron chi connectivity index (χ4n) is 2.76. The van der Waals surface area contributed by atoms with Crippen molar-refractivity contribution in [2.24, 2.45) is 0 Å². The summed E-state index contributed by atoms with van der Waals surface area (Å²) in [6, 6.07) is 1.54. The minimum absolute atomic E-state index is 0.245. The van der Waals surface area contributed by atoms with Gasteiger partial charge in [0.2, 0.25) is 0 Å². The Morgan fingerprint density at radius 3 is 2.35 bits per heavy atom. The van der Waals surface area contributed by atoms with Crippen molar-refractivity contribution >= 4 is 6.09 Å². The molecule has 0 radical (unpaired) electrons. The predicted octanol–water partition coefficient (Wildman–Crippen LogP) is 4.64. The highest BCUT2D eigenvalue weighted by molar-refractivity contribution is 5.68. The molecule has 0 fully saturated rings. The number of amides is 1. The van der Waals surface area contributed by atoms with Gasteiger partial charge in [0.25, 0.3) is 0 Å². The van der Waals surface area contributed by atoms with E-state index in [9.17, 15) is 4.79 Å². The molecule has 0 saturated carbocycles. The van der Waals surface area contributed by atoms with Crippen molar-refractivity contribution in [3.63, 3.8) is 0 Å². The van der Waals surface area contributed by atoms with Gasteiger partial charge in [-0.25, -0.2) is 9.18 Å². The van der Waals surface area contributed by atoms with Crippen molar-refractivity contribution in [1.29, 1.82) is 0 Å². The summed E-state index contributed by atoms with van der Waals surface area (Å²) in [5, 5.41) is 2.80. The maximum atomic E-state index is 15.1. The molecule has 0 saturated heterocycles. The van der Waals surface area contributed by atoms with E-state index in [1.165, 1.54) is 14.2 Å². The summed E-state index contributed by atoms with van der Waals surface area (Å²) in [7, 11) is 2.98. The van der Waals surface area contributed by atoms with Crippen LogP contribution < -0.4 is 14.8 Å². The number of hydrogen-bond acceptors (Lipinski definition) is 4. The molecule has 148 valence electrons. The molecule has 1 rings (SSSR count). The third-order valence-corrected chi connectivity index (χ3v) is 3.97. The van der Waals surface area contributed by atoms with E-state index in [1.54, 1.807) is 20.8 Å². The van der Waals surface area contributed by atoms with Gasteiger partial charge in [0.1, 0.15) is 11.4 Å². The van der Waals surface area contributed by atoms with Crippen molar-refractivity contribution in [1.82, 2.24) is 5.32 Å². The van der Waals surface area contributed by atoms with Crippen LogP contribution in [0.4, 0.5) is 9.18 Å². The van der Waals surface area contributed by atoms with E-state index in [-0.39, 0.29) is 18.2 Å². The zero-order chi connectivity index (χ0) is 19.9. The first-order valence-electron chi connectivity index (χ1n) is 9.08. The summed E-state index contributed by atoms with van der Waals surface area (Å²) in [5.41, 5.74) is 0.587. The Morgan fingerprint density at radius 1 is 1.23 bits per heavy atom. The van der Waals surface area contributed by atoms with Gasteiger partial charge >= 0.3 is 6.09 Å². The van der Waals surface area contributed by atoms with Gasteiger partial charge in [0.05, 0.1) is 14.2 Å². The molecule has 1 aromatic carbocycles. The topological polar surface area (TPSA) is 56.8 Å². The minimum atomic E-state index is -0.587. The maximum Gasteiger partial charge on any atom is 0.407 e. The van der Waals surface area contributed by atoms with Crippen LogP contribution in [0.5, 0.6) is 11.5 Å². The third-order valence-electron chi connectivity index (χ3n) is 3.97. The summed E-state index contributed by atoms with van der Waals surface area (Å²) in [6.45, 7) is 9.35. The summed E-state index contributed by atoms with van der Waals surface area (Å²) < 4.78 is 31.0. The van der Waals surface area contributed by atoms with E-state index in [4.69, 9.17) is 14.2 Å². The van der Waals surface area contributed by atoms with Gasteiger partial charge in [-0.05, 0) is 46.1 Å². The van der Waals surface area contributed by atoms with E-state index in [1.807, 2.05) is 19.9 Å². The average Bonchev–Trinajstić information content (AvgIpc) is 2.54. The van der Waals surface area contributed by atoms with Crippen LogP contribution in [0.3, 0.4) is 0 Å². The van der Waals surface area contributed by atoms with Crippen molar-refractivity contribution in [2.75, 3.05) is 14.2 Å². The van der Waals surface area contributed by atoms with Crippen LogP contribution in [0.25, 0.3) is 0 Å². The van der Waals surface area contributed by atoms with Crippen LogP contribution in [0.1, 0.15) is 58.6 Å². The molecule has 1 aromatic rings. The molecule has 6 heteroatoms. The molecule has 0 heterocycles. The smallest absolute Gasteiger partial charge is 0.407 e. The first kappa shape index (κ1) is 22.1. The molecule has 1 N–H and O–H groups in total. The number of hydrogen-bond donors (Lipinski definition) is 1. The SMILES string of the molecule is CCCc1cc(OC)c(CC(CC)NC(=O)OC(C)(C)C)c(F)c1OC. The Balaban J connectivity index is 3.10. The van der Waals surface area contributed by atoms with Crippen LogP contribution in [0.15, 0.2) is 6.07 Å². The molecule has 0 spiro atoms. The molecule has 0 aliphatic heterocycles. The van der Waals surface area contributed by atoms with E-state index in [0.29, 0.717) is 24.2 Å². The Kier molecular flexibility index (Phi) is 8.18. The third kappa shape index (κ3) is 6.07. The van der Waals surface area contributed by atoms with Crippen LogP contribution in [-0.2, 0) is 17.6 Å². The fourth-order valence-corrected chi connectivity index (χ4v) is 2.76. The van der Waals surface area contributed by atoms with Crippen LogP contribution in [-0.4, -0.2) is 32.0 Å². The van der Waals surface area contributed by atoms with Gasteiger partial charge in [-0.2, -0.15) is 0 Å². The van der Waals surface area contributed by atoms with Crippen molar-refractivity contribution < 1.29 is 23.4 Å². The quantitative estimate of drug-likeness (QED) is 0.725. The lowest BCUT2D eigenvalue weighted by Gasteiger charge is -2.24. The van der Waals surface area contributed by atoms with E-state index < -0.39 is 17.5 Å². The highest BCUT2D eigenvalue weighted by Crippen LogP contribution is 2.35. The normalized spacial score (nSPS) is 12.5. The molecule has 0 aliphatic carbocycles. The Bertz CT molecular complexity index is 611. The number of halogens is 1. The number of ether oxygens (including phenoxy) is 3. The summed E-state index contributed by atoms with van der Waals surface area (Å²) in [5.74, 6) is 0.283. The second-order valence-corrected chi connectivity index (χ2v) is 7.27. The van der Waals surface area contributed by atoms with E-state index in [2.05, 4.69) is 5.32 Å².